The molecular formula is C22H29N3O3. The average molecular weight is 383 g/mol. The largest absolute Gasteiger partial charge is 0.353 e. The first-order chi connectivity index (χ1) is 13.6. The fraction of sp³-hybridized carbons (Fsp3) is 0.591. The van der Waals surface area contributed by atoms with Crippen molar-refractivity contribution in [2.45, 2.75) is 51.5 Å². The van der Waals surface area contributed by atoms with E-state index in [1.165, 1.54) is 0 Å². The van der Waals surface area contributed by atoms with Crippen LogP contribution in [0.5, 0.6) is 0 Å². The summed E-state index contributed by atoms with van der Waals surface area (Å²) in [6.07, 6.45) is 4.75. The van der Waals surface area contributed by atoms with Crippen LogP contribution in [0.3, 0.4) is 0 Å². The third-order valence-corrected chi connectivity index (χ3v) is 6.24. The zero-order valence-electron chi connectivity index (χ0n) is 16.5. The molecule has 1 aromatic carbocycles. The SMILES string of the molecule is CCc1ccccc1N1CC(C(=O)N2CCC(C(=O)NC3CC3)CC2)CC1=O. The van der Waals surface area contributed by atoms with Gasteiger partial charge in [0.05, 0.1) is 5.92 Å². The number of piperidine rings is 1. The Morgan fingerprint density at radius 1 is 1.07 bits per heavy atom. The predicted octanol–water partition coefficient (Wildman–Crippen LogP) is 2.12. The van der Waals surface area contributed by atoms with Crippen molar-refractivity contribution < 1.29 is 14.4 Å². The minimum absolute atomic E-state index is 0.0165. The Hall–Kier alpha value is -2.37. The zero-order valence-corrected chi connectivity index (χ0v) is 16.5. The number of hydrogen-bond acceptors (Lipinski definition) is 3. The Labute approximate surface area is 166 Å². The van der Waals surface area contributed by atoms with Gasteiger partial charge in [0.15, 0.2) is 0 Å². The summed E-state index contributed by atoms with van der Waals surface area (Å²) in [5.74, 6) is -0.0335. The second kappa shape index (κ2) is 7.94. The smallest absolute Gasteiger partial charge is 0.228 e. The van der Waals surface area contributed by atoms with E-state index in [1.54, 1.807) is 4.90 Å². The molecule has 1 atom stereocenters. The molecule has 1 saturated carbocycles. The van der Waals surface area contributed by atoms with E-state index in [4.69, 9.17) is 0 Å². The molecule has 1 N–H and O–H groups in total. The predicted molar refractivity (Wildman–Crippen MR) is 107 cm³/mol. The molecule has 0 aromatic heterocycles. The molecule has 2 aliphatic heterocycles. The lowest BCUT2D eigenvalue weighted by atomic mass is 9.94. The van der Waals surface area contributed by atoms with E-state index < -0.39 is 0 Å². The van der Waals surface area contributed by atoms with Gasteiger partial charge >= 0.3 is 0 Å². The maximum Gasteiger partial charge on any atom is 0.228 e. The van der Waals surface area contributed by atoms with E-state index >= 15 is 0 Å². The normalized spacial score (nSPS) is 23.2. The Morgan fingerprint density at radius 2 is 1.79 bits per heavy atom. The van der Waals surface area contributed by atoms with Crippen molar-refractivity contribution in [3.63, 3.8) is 0 Å². The van der Waals surface area contributed by atoms with Gasteiger partial charge in [-0.3, -0.25) is 14.4 Å². The van der Waals surface area contributed by atoms with Crippen molar-refractivity contribution in [2.75, 3.05) is 24.5 Å². The van der Waals surface area contributed by atoms with Gasteiger partial charge in [-0.25, -0.2) is 0 Å². The van der Waals surface area contributed by atoms with E-state index in [0.29, 0.717) is 38.5 Å². The highest BCUT2D eigenvalue weighted by molar-refractivity contribution is 6.00. The third kappa shape index (κ3) is 3.91. The molecule has 28 heavy (non-hydrogen) atoms. The van der Waals surface area contributed by atoms with Gasteiger partial charge in [-0.2, -0.15) is 0 Å². The van der Waals surface area contributed by atoms with E-state index in [0.717, 1.165) is 30.5 Å². The van der Waals surface area contributed by atoms with Crippen LogP contribution in [-0.4, -0.2) is 48.3 Å². The van der Waals surface area contributed by atoms with Crippen LogP contribution in [0, 0.1) is 11.8 Å². The summed E-state index contributed by atoms with van der Waals surface area (Å²) in [5.41, 5.74) is 2.06. The number of rotatable bonds is 5. The van der Waals surface area contributed by atoms with Gasteiger partial charge in [0.25, 0.3) is 0 Å². The summed E-state index contributed by atoms with van der Waals surface area (Å²) >= 11 is 0. The number of likely N-dealkylation sites (tertiary alicyclic amines) is 1. The molecule has 6 nitrogen and oxygen atoms in total. The number of hydrogen-bond donors (Lipinski definition) is 1. The number of carbonyl (C=O) groups is 3. The molecular weight excluding hydrogens is 354 g/mol. The van der Waals surface area contributed by atoms with E-state index in [-0.39, 0.29) is 36.0 Å². The standard InChI is InChI=1S/C22H29N3O3/c1-2-15-5-3-4-6-19(15)25-14-17(13-20(25)26)22(28)24-11-9-16(10-12-24)21(27)23-18-7-8-18/h3-6,16-18H,2,7-14H2,1H3,(H,23,27). The van der Waals surface area contributed by atoms with Crippen LogP contribution in [0.15, 0.2) is 24.3 Å². The number of carbonyl (C=O) groups excluding carboxylic acids is 3. The molecule has 0 bridgehead atoms. The molecule has 4 rings (SSSR count). The summed E-state index contributed by atoms with van der Waals surface area (Å²) in [4.78, 5) is 41.4. The molecule has 1 unspecified atom stereocenters. The Morgan fingerprint density at radius 3 is 2.46 bits per heavy atom. The third-order valence-electron chi connectivity index (χ3n) is 6.24. The molecule has 0 spiro atoms. The van der Waals surface area contributed by atoms with Crippen LogP contribution >= 0.6 is 0 Å². The second-order valence-corrected chi connectivity index (χ2v) is 8.27. The molecule has 150 valence electrons. The summed E-state index contributed by atoms with van der Waals surface area (Å²) in [6.45, 7) is 3.75. The topological polar surface area (TPSA) is 69.7 Å². The minimum atomic E-state index is -0.283. The lowest BCUT2D eigenvalue weighted by Crippen LogP contribution is -2.45. The molecule has 2 saturated heterocycles. The summed E-state index contributed by atoms with van der Waals surface area (Å²) in [5, 5.41) is 3.07. The van der Waals surface area contributed by atoms with Crippen LogP contribution in [0.1, 0.15) is 44.6 Å². The number of benzene rings is 1. The fourth-order valence-electron chi connectivity index (χ4n) is 4.35. The number of nitrogens with one attached hydrogen (secondary N) is 1. The number of aryl methyl sites for hydroxylation is 1. The van der Waals surface area contributed by atoms with Gasteiger partial charge < -0.3 is 15.1 Å². The quantitative estimate of drug-likeness (QED) is 0.847. The summed E-state index contributed by atoms with van der Waals surface area (Å²) in [6, 6.07) is 8.31. The molecule has 6 heteroatoms. The van der Waals surface area contributed by atoms with E-state index in [2.05, 4.69) is 12.2 Å². The zero-order chi connectivity index (χ0) is 19.7. The molecule has 1 aliphatic carbocycles. The molecule has 0 radical (unpaired) electrons. The highest BCUT2D eigenvalue weighted by Gasteiger charge is 2.39. The molecule has 3 fully saturated rings. The van der Waals surface area contributed by atoms with E-state index in [1.807, 2.05) is 29.2 Å². The average Bonchev–Trinajstić information content (AvgIpc) is 3.46. The Balaban J connectivity index is 1.34. The van der Waals surface area contributed by atoms with Crippen molar-refractivity contribution in [3.05, 3.63) is 29.8 Å². The van der Waals surface area contributed by atoms with Crippen molar-refractivity contribution in [1.82, 2.24) is 10.2 Å². The monoisotopic (exact) mass is 383 g/mol. The van der Waals surface area contributed by atoms with Gasteiger partial charge in [-0.1, -0.05) is 25.1 Å². The van der Waals surface area contributed by atoms with Crippen molar-refractivity contribution in [3.8, 4) is 0 Å². The van der Waals surface area contributed by atoms with Gasteiger partial charge in [0, 0.05) is 43.7 Å². The van der Waals surface area contributed by atoms with Gasteiger partial charge in [-0.15, -0.1) is 0 Å². The van der Waals surface area contributed by atoms with Gasteiger partial charge in [-0.05, 0) is 43.7 Å². The van der Waals surface area contributed by atoms with Gasteiger partial charge in [0.2, 0.25) is 17.7 Å². The molecule has 2 heterocycles. The van der Waals surface area contributed by atoms with Crippen LogP contribution < -0.4 is 10.2 Å². The number of anilines is 1. The lowest BCUT2D eigenvalue weighted by molar-refractivity contribution is -0.139. The Kier molecular flexibility index (Phi) is 5.38. The first-order valence-electron chi connectivity index (χ1n) is 10.5. The maximum absolute atomic E-state index is 13.0. The Bertz CT molecular complexity index is 766. The fourth-order valence-corrected chi connectivity index (χ4v) is 4.35. The van der Waals surface area contributed by atoms with E-state index in [9.17, 15) is 14.4 Å². The maximum atomic E-state index is 13.0. The summed E-state index contributed by atoms with van der Waals surface area (Å²) in [7, 11) is 0. The first kappa shape index (κ1) is 19.0. The van der Waals surface area contributed by atoms with Crippen LogP contribution in [0.4, 0.5) is 5.69 Å². The van der Waals surface area contributed by atoms with Crippen molar-refractivity contribution in [2.24, 2.45) is 11.8 Å². The first-order valence-corrected chi connectivity index (χ1v) is 10.5. The van der Waals surface area contributed by atoms with Crippen LogP contribution in [0.25, 0.3) is 0 Å². The van der Waals surface area contributed by atoms with Crippen LogP contribution in [-0.2, 0) is 20.8 Å². The summed E-state index contributed by atoms with van der Waals surface area (Å²) < 4.78 is 0. The van der Waals surface area contributed by atoms with Crippen molar-refractivity contribution >= 4 is 23.4 Å². The van der Waals surface area contributed by atoms with Crippen LogP contribution in [0.2, 0.25) is 0 Å². The molecule has 1 aromatic rings. The lowest BCUT2D eigenvalue weighted by Gasteiger charge is -2.33. The van der Waals surface area contributed by atoms with Crippen molar-refractivity contribution in [1.29, 1.82) is 0 Å². The van der Waals surface area contributed by atoms with Gasteiger partial charge in [0.1, 0.15) is 0 Å². The highest BCUT2D eigenvalue weighted by atomic mass is 16.2. The molecule has 3 amide bonds. The number of para-hydroxylation sites is 1. The minimum Gasteiger partial charge on any atom is -0.353 e. The molecule has 3 aliphatic rings. The number of nitrogens with zero attached hydrogens (tertiary/aromatic N) is 2. The number of amides is 3. The second-order valence-electron chi connectivity index (χ2n) is 8.27. The highest BCUT2D eigenvalue weighted by Crippen LogP contribution is 2.30.